The quantitative estimate of drug-likeness (QED) is 0.717. The highest BCUT2D eigenvalue weighted by Crippen LogP contribution is 2.09. The molecule has 2 aromatic heterocycles. The summed E-state index contributed by atoms with van der Waals surface area (Å²) in [7, 11) is 1.76. The van der Waals surface area contributed by atoms with Crippen molar-refractivity contribution >= 4 is 11.2 Å². The van der Waals surface area contributed by atoms with Gasteiger partial charge in [-0.05, 0) is 13.8 Å². The highest BCUT2D eigenvalue weighted by Gasteiger charge is 2.13. The maximum atomic E-state index is 11.6. The van der Waals surface area contributed by atoms with E-state index in [0.29, 0.717) is 11.2 Å². The third kappa shape index (κ3) is 1.29. The number of aryl methyl sites for hydroxylation is 1. The predicted octanol–water partition coefficient (Wildman–Crippen LogP) is 0.00420. The van der Waals surface area contributed by atoms with Gasteiger partial charge in [0.25, 0.3) is 5.56 Å². The Balaban J connectivity index is 3.07. The number of hydrogen-bond donors (Lipinski definition) is 1. The van der Waals surface area contributed by atoms with Crippen LogP contribution in [0.2, 0.25) is 0 Å². The summed E-state index contributed by atoms with van der Waals surface area (Å²) in [5.41, 5.74) is 0.0168. The molecule has 6 heteroatoms. The summed E-state index contributed by atoms with van der Waals surface area (Å²) in [4.78, 5) is 29.3. The second-order valence-electron chi connectivity index (χ2n) is 3.75. The smallest absolute Gasteiger partial charge is 0.320 e. The predicted molar refractivity (Wildman–Crippen MR) is 56.0 cm³/mol. The van der Waals surface area contributed by atoms with Crippen LogP contribution in [0.25, 0.3) is 11.2 Å². The molecular formula is C9H12N4O2. The fourth-order valence-corrected chi connectivity index (χ4v) is 1.66. The SMILES string of the molecule is CC(C)n1c(=O)[nH]c(=O)c2ncn(C)c21. The Kier molecular flexibility index (Phi) is 1.99. The van der Waals surface area contributed by atoms with Crippen molar-refractivity contribution in [1.82, 2.24) is 19.1 Å². The van der Waals surface area contributed by atoms with Crippen LogP contribution in [-0.4, -0.2) is 19.1 Å². The van der Waals surface area contributed by atoms with Crippen molar-refractivity contribution in [2.45, 2.75) is 19.9 Å². The first kappa shape index (κ1) is 9.70. The Morgan fingerprint density at radius 1 is 1.40 bits per heavy atom. The van der Waals surface area contributed by atoms with Crippen molar-refractivity contribution in [3.05, 3.63) is 27.2 Å². The lowest BCUT2D eigenvalue weighted by Gasteiger charge is -2.11. The molecule has 0 saturated carbocycles. The Morgan fingerprint density at radius 2 is 2.07 bits per heavy atom. The van der Waals surface area contributed by atoms with Gasteiger partial charge in [-0.25, -0.2) is 9.78 Å². The van der Waals surface area contributed by atoms with E-state index in [1.807, 2.05) is 13.8 Å². The zero-order chi connectivity index (χ0) is 11.2. The van der Waals surface area contributed by atoms with E-state index in [0.717, 1.165) is 0 Å². The Hall–Kier alpha value is -1.85. The van der Waals surface area contributed by atoms with Crippen LogP contribution in [0.15, 0.2) is 15.9 Å². The number of imidazole rings is 1. The number of rotatable bonds is 1. The standard InChI is InChI=1S/C9H12N4O2/c1-5(2)13-8-6(10-4-12(8)3)7(14)11-9(13)15/h4-5H,1-3H3,(H,11,14,15). The second-order valence-corrected chi connectivity index (χ2v) is 3.75. The molecule has 0 unspecified atom stereocenters. The molecule has 0 aliphatic carbocycles. The lowest BCUT2D eigenvalue weighted by Crippen LogP contribution is -2.32. The first-order chi connectivity index (χ1) is 7.02. The van der Waals surface area contributed by atoms with Crippen LogP contribution in [0.5, 0.6) is 0 Å². The molecule has 2 aromatic rings. The minimum absolute atomic E-state index is 0.0211. The van der Waals surface area contributed by atoms with Crippen molar-refractivity contribution in [3.8, 4) is 0 Å². The third-order valence-corrected chi connectivity index (χ3v) is 2.30. The normalized spacial score (nSPS) is 11.5. The molecule has 0 aliphatic rings. The molecule has 0 amide bonds. The molecule has 0 radical (unpaired) electrons. The molecule has 6 nitrogen and oxygen atoms in total. The molecular weight excluding hydrogens is 196 g/mol. The first-order valence-electron chi connectivity index (χ1n) is 4.68. The van der Waals surface area contributed by atoms with E-state index in [4.69, 9.17) is 0 Å². The maximum Gasteiger partial charge on any atom is 0.330 e. The van der Waals surface area contributed by atoms with Crippen molar-refractivity contribution in [1.29, 1.82) is 0 Å². The topological polar surface area (TPSA) is 72.7 Å². The van der Waals surface area contributed by atoms with Crippen molar-refractivity contribution < 1.29 is 0 Å². The summed E-state index contributed by atoms with van der Waals surface area (Å²) in [5, 5.41) is 0. The molecule has 0 aromatic carbocycles. The van der Waals surface area contributed by atoms with Crippen molar-refractivity contribution in [3.63, 3.8) is 0 Å². The van der Waals surface area contributed by atoms with E-state index >= 15 is 0 Å². The number of fused-ring (bicyclic) bond motifs is 1. The van der Waals surface area contributed by atoms with Gasteiger partial charge in [0.05, 0.1) is 6.33 Å². The van der Waals surface area contributed by atoms with Gasteiger partial charge in [0.15, 0.2) is 5.52 Å². The second kappa shape index (κ2) is 3.08. The lowest BCUT2D eigenvalue weighted by molar-refractivity contribution is 0.572. The molecule has 0 spiro atoms. The van der Waals surface area contributed by atoms with Gasteiger partial charge in [0.1, 0.15) is 5.65 Å². The molecule has 0 aliphatic heterocycles. The zero-order valence-electron chi connectivity index (χ0n) is 8.81. The first-order valence-corrected chi connectivity index (χ1v) is 4.68. The lowest BCUT2D eigenvalue weighted by atomic mass is 10.4. The Labute approximate surface area is 85.2 Å². The van der Waals surface area contributed by atoms with E-state index < -0.39 is 11.2 Å². The fourth-order valence-electron chi connectivity index (χ4n) is 1.66. The summed E-state index contributed by atoms with van der Waals surface area (Å²) in [6.07, 6.45) is 1.53. The number of aromatic nitrogens is 4. The minimum Gasteiger partial charge on any atom is -0.320 e. The highest BCUT2D eigenvalue weighted by atomic mass is 16.2. The number of nitrogens with zero attached hydrogens (tertiary/aromatic N) is 3. The summed E-state index contributed by atoms with van der Waals surface area (Å²) in [5.74, 6) is 0. The molecule has 0 atom stereocenters. The van der Waals surface area contributed by atoms with E-state index in [1.165, 1.54) is 10.9 Å². The van der Waals surface area contributed by atoms with Gasteiger partial charge in [-0.2, -0.15) is 0 Å². The molecule has 0 bridgehead atoms. The molecule has 2 rings (SSSR count). The van der Waals surface area contributed by atoms with E-state index in [9.17, 15) is 9.59 Å². The van der Waals surface area contributed by atoms with Crippen molar-refractivity contribution in [2.75, 3.05) is 0 Å². The summed E-state index contributed by atoms with van der Waals surface area (Å²) >= 11 is 0. The zero-order valence-corrected chi connectivity index (χ0v) is 8.81. The Bertz CT molecular complexity index is 617. The number of nitrogens with one attached hydrogen (secondary N) is 1. The number of hydrogen-bond acceptors (Lipinski definition) is 3. The average Bonchev–Trinajstić information content (AvgIpc) is 2.48. The van der Waals surface area contributed by atoms with Gasteiger partial charge in [-0.15, -0.1) is 0 Å². The molecule has 1 N–H and O–H groups in total. The van der Waals surface area contributed by atoms with E-state index in [2.05, 4.69) is 9.97 Å². The third-order valence-electron chi connectivity index (χ3n) is 2.30. The van der Waals surface area contributed by atoms with Crippen LogP contribution in [-0.2, 0) is 7.05 Å². The van der Waals surface area contributed by atoms with Crippen LogP contribution in [0.4, 0.5) is 0 Å². The van der Waals surface area contributed by atoms with Gasteiger partial charge in [0, 0.05) is 13.1 Å². The number of H-pyrrole nitrogens is 1. The van der Waals surface area contributed by atoms with Gasteiger partial charge in [-0.3, -0.25) is 14.3 Å². The largest absolute Gasteiger partial charge is 0.330 e. The van der Waals surface area contributed by atoms with Gasteiger partial charge in [-0.1, -0.05) is 0 Å². The van der Waals surface area contributed by atoms with Crippen LogP contribution >= 0.6 is 0 Å². The summed E-state index contributed by atoms with van der Waals surface area (Å²) in [6, 6.07) is -0.0211. The fraction of sp³-hybridized carbons (Fsp3) is 0.444. The van der Waals surface area contributed by atoms with E-state index in [-0.39, 0.29) is 6.04 Å². The number of aromatic amines is 1. The molecule has 2 heterocycles. The van der Waals surface area contributed by atoms with Crippen molar-refractivity contribution in [2.24, 2.45) is 7.05 Å². The highest BCUT2D eigenvalue weighted by molar-refractivity contribution is 5.69. The monoisotopic (exact) mass is 208 g/mol. The Morgan fingerprint density at radius 3 is 2.67 bits per heavy atom. The van der Waals surface area contributed by atoms with E-state index in [1.54, 1.807) is 11.6 Å². The molecule has 80 valence electrons. The van der Waals surface area contributed by atoms with Gasteiger partial charge in [0.2, 0.25) is 0 Å². The van der Waals surface area contributed by atoms with Gasteiger partial charge >= 0.3 is 5.69 Å². The molecule has 0 saturated heterocycles. The summed E-state index contributed by atoms with van der Waals surface area (Å²) in [6.45, 7) is 3.76. The maximum absolute atomic E-state index is 11.6. The molecule has 0 fully saturated rings. The minimum atomic E-state index is -0.437. The van der Waals surface area contributed by atoms with Crippen LogP contribution in [0.1, 0.15) is 19.9 Å². The van der Waals surface area contributed by atoms with Gasteiger partial charge < -0.3 is 4.57 Å². The van der Waals surface area contributed by atoms with Crippen LogP contribution < -0.4 is 11.2 Å². The van der Waals surface area contributed by atoms with Crippen LogP contribution in [0, 0.1) is 0 Å². The average molecular weight is 208 g/mol. The van der Waals surface area contributed by atoms with Crippen LogP contribution in [0.3, 0.4) is 0 Å². The molecule has 15 heavy (non-hydrogen) atoms. The summed E-state index contributed by atoms with van der Waals surface area (Å²) < 4.78 is 3.19.